The summed E-state index contributed by atoms with van der Waals surface area (Å²) in [4.78, 5) is 40.6. The van der Waals surface area contributed by atoms with Gasteiger partial charge in [-0.25, -0.2) is 15.2 Å². The molecule has 0 unspecified atom stereocenters. The number of hydrogen-bond donors (Lipinski definition) is 4. The van der Waals surface area contributed by atoms with Crippen LogP contribution in [0, 0.1) is 10.1 Å². The van der Waals surface area contributed by atoms with E-state index < -0.39 is 22.6 Å². The number of nitro benzene ring substituents is 1. The number of benzene rings is 2. The Morgan fingerprint density at radius 3 is 2.63 bits per heavy atom. The fourth-order valence-corrected chi connectivity index (χ4v) is 2.87. The molecular formula is C17H12Cl2N6O5. The quantitative estimate of drug-likeness (QED) is 0.263. The Hall–Kier alpha value is -3.54. The number of nitrogens with two attached hydrogens (primary N) is 1. The molecular weight excluding hydrogens is 439 g/mol. The largest absolute Gasteiger partial charge is 0.382 e. The third-order valence-electron chi connectivity index (χ3n) is 3.93. The molecule has 13 heteroatoms. The first-order chi connectivity index (χ1) is 14.2. The predicted octanol–water partition coefficient (Wildman–Crippen LogP) is 2.24. The van der Waals surface area contributed by atoms with Crippen LogP contribution >= 0.6 is 23.2 Å². The fourth-order valence-electron chi connectivity index (χ4n) is 2.56. The third-order valence-corrected chi connectivity index (χ3v) is 4.67. The Labute approximate surface area is 177 Å². The molecule has 11 nitrogen and oxygen atoms in total. The predicted molar refractivity (Wildman–Crippen MR) is 110 cm³/mol. The van der Waals surface area contributed by atoms with Crippen molar-refractivity contribution >= 4 is 51.7 Å². The topological polar surface area (TPSA) is 177 Å². The number of primary amides is 1. The highest BCUT2D eigenvalue weighted by Gasteiger charge is 2.24. The molecule has 0 fully saturated rings. The highest BCUT2D eigenvalue weighted by Crippen LogP contribution is 2.27. The molecule has 154 valence electrons. The Balaban J connectivity index is 2.16. The lowest BCUT2D eigenvalue weighted by molar-refractivity contribution is -0.384. The number of nitro groups is 1. The van der Waals surface area contributed by atoms with Crippen molar-refractivity contribution in [1.82, 2.24) is 15.4 Å². The van der Waals surface area contributed by atoms with Gasteiger partial charge in [0.05, 0.1) is 26.0 Å². The van der Waals surface area contributed by atoms with Crippen LogP contribution in [-0.2, 0) is 0 Å². The molecule has 0 aliphatic rings. The lowest BCUT2D eigenvalue weighted by atomic mass is 10.0. The SMILES string of the molecule is NC(=O)N/N=C(\c1nc2ccc([N+](=O)[O-])cc2[nH]c1=O)[C@@H](O)c1ccc(Cl)c(Cl)c1. The van der Waals surface area contributed by atoms with Gasteiger partial charge < -0.3 is 15.8 Å². The first kappa shape index (κ1) is 21.2. The number of aromatic nitrogens is 2. The van der Waals surface area contributed by atoms with E-state index in [1.165, 1.54) is 30.3 Å². The second-order valence-electron chi connectivity index (χ2n) is 5.92. The van der Waals surface area contributed by atoms with Crippen LogP contribution in [0.3, 0.4) is 0 Å². The molecule has 0 bridgehead atoms. The zero-order valence-electron chi connectivity index (χ0n) is 14.8. The molecule has 0 aliphatic carbocycles. The van der Waals surface area contributed by atoms with E-state index in [0.29, 0.717) is 0 Å². The summed E-state index contributed by atoms with van der Waals surface area (Å²) < 4.78 is 0. The molecule has 0 spiro atoms. The minimum atomic E-state index is -1.55. The van der Waals surface area contributed by atoms with Gasteiger partial charge in [-0.2, -0.15) is 5.10 Å². The summed E-state index contributed by atoms with van der Waals surface area (Å²) in [5, 5.41) is 25.8. The Bertz CT molecular complexity index is 1260. The number of urea groups is 1. The first-order valence-electron chi connectivity index (χ1n) is 8.12. The number of rotatable bonds is 5. The van der Waals surface area contributed by atoms with Crippen molar-refractivity contribution in [2.45, 2.75) is 6.10 Å². The molecule has 3 rings (SSSR count). The number of aromatic amines is 1. The van der Waals surface area contributed by atoms with E-state index in [2.05, 4.69) is 15.1 Å². The molecule has 0 saturated heterocycles. The Kier molecular flexibility index (Phi) is 5.96. The van der Waals surface area contributed by atoms with Crippen molar-refractivity contribution in [2.24, 2.45) is 10.8 Å². The molecule has 1 aromatic heterocycles. The minimum Gasteiger partial charge on any atom is -0.382 e. The number of carbonyl (C=O) groups excluding carboxylic acids is 1. The summed E-state index contributed by atoms with van der Waals surface area (Å²) in [6.07, 6.45) is -1.55. The van der Waals surface area contributed by atoms with Crippen LogP contribution in [0.2, 0.25) is 10.0 Å². The number of amides is 2. The van der Waals surface area contributed by atoms with Gasteiger partial charge in [-0.3, -0.25) is 14.9 Å². The van der Waals surface area contributed by atoms with E-state index in [4.69, 9.17) is 28.9 Å². The number of hydrazone groups is 1. The second kappa shape index (κ2) is 8.45. The summed E-state index contributed by atoms with van der Waals surface area (Å²) >= 11 is 11.9. The normalized spacial score (nSPS) is 12.6. The van der Waals surface area contributed by atoms with Crippen molar-refractivity contribution in [1.29, 1.82) is 0 Å². The monoisotopic (exact) mass is 450 g/mol. The number of carbonyl (C=O) groups is 1. The number of aliphatic hydroxyl groups excluding tert-OH is 1. The standard InChI is InChI=1S/C17H12Cl2N6O5/c18-9-3-1-7(5-10(9)19)15(26)13(23-24-17(20)28)14-16(27)22-12-6-8(25(29)30)2-4-11(12)21-14/h1-6,15,26H,(H,22,27)(H3,20,24,28)/b23-13+/t15-/m0/s1. The first-order valence-corrected chi connectivity index (χ1v) is 8.88. The second-order valence-corrected chi connectivity index (χ2v) is 6.74. The molecule has 5 N–H and O–H groups in total. The fraction of sp³-hybridized carbons (Fsp3) is 0.0588. The van der Waals surface area contributed by atoms with Crippen LogP contribution in [0.4, 0.5) is 10.5 Å². The van der Waals surface area contributed by atoms with Crippen LogP contribution in [0.25, 0.3) is 11.0 Å². The van der Waals surface area contributed by atoms with Crippen LogP contribution in [0.15, 0.2) is 46.3 Å². The molecule has 2 amide bonds. The van der Waals surface area contributed by atoms with Crippen LogP contribution in [0.1, 0.15) is 17.4 Å². The smallest absolute Gasteiger partial charge is 0.332 e. The summed E-state index contributed by atoms with van der Waals surface area (Å²) in [5.74, 6) is 0. The van der Waals surface area contributed by atoms with Crippen LogP contribution in [0.5, 0.6) is 0 Å². The lowest BCUT2D eigenvalue weighted by Gasteiger charge is -2.14. The van der Waals surface area contributed by atoms with Crippen molar-refractivity contribution in [3.8, 4) is 0 Å². The number of halogens is 2. The Morgan fingerprint density at radius 1 is 1.27 bits per heavy atom. The van der Waals surface area contributed by atoms with E-state index in [1.54, 1.807) is 0 Å². The van der Waals surface area contributed by atoms with E-state index in [-0.39, 0.29) is 43.7 Å². The summed E-state index contributed by atoms with van der Waals surface area (Å²) in [5.41, 5.74) is 5.73. The molecule has 0 saturated carbocycles. The molecule has 30 heavy (non-hydrogen) atoms. The highest BCUT2D eigenvalue weighted by molar-refractivity contribution is 6.42. The average Bonchev–Trinajstić information content (AvgIpc) is 2.69. The zero-order valence-corrected chi connectivity index (χ0v) is 16.3. The van der Waals surface area contributed by atoms with Crippen molar-refractivity contribution in [3.05, 3.63) is 78.2 Å². The number of nitrogens with one attached hydrogen (secondary N) is 2. The van der Waals surface area contributed by atoms with Crippen molar-refractivity contribution in [2.75, 3.05) is 0 Å². The molecule has 3 aromatic rings. The molecule has 1 atom stereocenters. The van der Waals surface area contributed by atoms with Crippen LogP contribution in [-0.4, -0.2) is 31.7 Å². The third kappa shape index (κ3) is 4.38. The lowest BCUT2D eigenvalue weighted by Crippen LogP contribution is -2.31. The maximum atomic E-state index is 12.6. The minimum absolute atomic E-state index is 0.101. The average molecular weight is 451 g/mol. The van der Waals surface area contributed by atoms with Crippen molar-refractivity contribution < 1.29 is 14.8 Å². The molecule has 1 heterocycles. The van der Waals surface area contributed by atoms with E-state index in [9.17, 15) is 24.8 Å². The number of nitrogens with zero attached hydrogens (tertiary/aromatic N) is 3. The number of H-pyrrole nitrogens is 1. The van der Waals surface area contributed by atoms with Crippen LogP contribution < -0.4 is 16.7 Å². The zero-order chi connectivity index (χ0) is 22.0. The highest BCUT2D eigenvalue weighted by atomic mass is 35.5. The summed E-state index contributed by atoms with van der Waals surface area (Å²) in [7, 11) is 0. The van der Waals surface area contributed by atoms with Gasteiger partial charge in [0, 0.05) is 12.1 Å². The number of hydrogen-bond acceptors (Lipinski definition) is 7. The Morgan fingerprint density at radius 2 is 2.00 bits per heavy atom. The van der Waals surface area contributed by atoms with Gasteiger partial charge in [0.15, 0.2) is 5.69 Å². The molecule has 0 aliphatic heterocycles. The van der Waals surface area contributed by atoms with Gasteiger partial charge in [-0.1, -0.05) is 29.3 Å². The van der Waals surface area contributed by atoms with Gasteiger partial charge in [0.2, 0.25) is 0 Å². The number of non-ortho nitro benzene ring substituents is 1. The summed E-state index contributed by atoms with van der Waals surface area (Å²) in [6, 6.07) is 6.84. The van der Waals surface area contributed by atoms with Gasteiger partial charge in [0.25, 0.3) is 11.2 Å². The molecule has 2 aromatic carbocycles. The molecule has 0 radical (unpaired) electrons. The maximum absolute atomic E-state index is 12.6. The number of fused-ring (bicyclic) bond motifs is 1. The maximum Gasteiger partial charge on any atom is 0.332 e. The van der Waals surface area contributed by atoms with E-state index in [0.717, 1.165) is 6.07 Å². The van der Waals surface area contributed by atoms with Crippen molar-refractivity contribution in [3.63, 3.8) is 0 Å². The van der Waals surface area contributed by atoms with Gasteiger partial charge in [0.1, 0.15) is 11.8 Å². The number of aliphatic hydroxyl groups is 1. The van der Waals surface area contributed by atoms with Gasteiger partial charge in [-0.15, -0.1) is 0 Å². The van der Waals surface area contributed by atoms with E-state index in [1.807, 2.05) is 5.43 Å². The van der Waals surface area contributed by atoms with Gasteiger partial charge >= 0.3 is 6.03 Å². The summed E-state index contributed by atoms with van der Waals surface area (Å²) in [6.45, 7) is 0. The van der Waals surface area contributed by atoms with E-state index >= 15 is 0 Å². The van der Waals surface area contributed by atoms with Gasteiger partial charge in [-0.05, 0) is 23.8 Å².